The van der Waals surface area contributed by atoms with Crippen LogP contribution >= 0.6 is 0 Å². The zero-order chi connectivity index (χ0) is 56.8. The number of rotatable bonds is 60. The second kappa shape index (κ2) is 56.1. The number of allylic oxidation sites excluding steroid dienone is 2. The highest BCUT2D eigenvalue weighted by atomic mass is 16.3. The first kappa shape index (κ1) is 74.6. The van der Waals surface area contributed by atoms with Crippen LogP contribution in [-0.4, -0.2) is 153 Å². The Hall–Kier alpha value is -1.40. The molecule has 5 N–H and O–H groups in total. The van der Waals surface area contributed by atoms with Crippen LogP contribution in [0.1, 0.15) is 311 Å². The lowest BCUT2D eigenvalue weighted by atomic mass is 10.0. The third-order valence-electron chi connectivity index (χ3n) is 16.9. The van der Waals surface area contributed by atoms with Crippen molar-refractivity contribution in [2.75, 3.05) is 85.1 Å². The van der Waals surface area contributed by atoms with Crippen molar-refractivity contribution in [1.82, 2.24) is 24.5 Å². The maximum Gasteiger partial charge on any atom is 0.108 e. The molecule has 78 heavy (non-hydrogen) atoms. The highest BCUT2D eigenvalue weighted by Crippen LogP contribution is 2.18. The van der Waals surface area contributed by atoms with Crippen LogP contribution in [0.4, 0.5) is 0 Å². The lowest BCUT2D eigenvalue weighted by Crippen LogP contribution is -2.50. The molecule has 1 aliphatic rings. The first-order valence-electron chi connectivity index (χ1n) is 34.6. The van der Waals surface area contributed by atoms with E-state index in [0.29, 0.717) is 44.0 Å². The zero-order valence-corrected chi connectivity index (χ0v) is 53.0. The van der Waals surface area contributed by atoms with Crippen molar-refractivity contribution in [2.24, 2.45) is 0 Å². The van der Waals surface area contributed by atoms with Gasteiger partial charge in [0, 0.05) is 110 Å². The highest BCUT2D eigenvalue weighted by molar-refractivity contribution is 5.00. The van der Waals surface area contributed by atoms with Crippen molar-refractivity contribution in [3.8, 4) is 0 Å². The molecule has 0 amide bonds. The molecule has 1 rings (SSSR count). The van der Waals surface area contributed by atoms with Crippen LogP contribution in [0.2, 0.25) is 0 Å². The van der Waals surface area contributed by atoms with E-state index in [-0.39, 0.29) is 6.10 Å². The summed E-state index contributed by atoms with van der Waals surface area (Å²) in [5, 5.41) is 56.4. The second-order valence-corrected chi connectivity index (χ2v) is 24.7. The monoisotopic (exact) mass is 1100 g/mol. The maximum absolute atomic E-state index is 11.5. The molecule has 0 radical (unpaired) electrons. The van der Waals surface area contributed by atoms with Gasteiger partial charge in [0.25, 0.3) is 0 Å². The van der Waals surface area contributed by atoms with Crippen LogP contribution in [0.25, 0.3) is 0 Å². The first-order valence-corrected chi connectivity index (χ1v) is 34.6. The van der Waals surface area contributed by atoms with Gasteiger partial charge in [0.05, 0.1) is 18.3 Å². The summed E-state index contributed by atoms with van der Waals surface area (Å²) in [6, 6.07) is 0. The third-order valence-corrected chi connectivity index (χ3v) is 16.9. The first-order chi connectivity index (χ1) is 38.1. The minimum absolute atomic E-state index is 0.354. The smallest absolute Gasteiger partial charge is 0.108 e. The predicted molar refractivity (Wildman–Crippen MR) is 339 cm³/mol. The average molecular weight is 1100 g/mol. The zero-order valence-electron chi connectivity index (χ0n) is 53.0. The van der Waals surface area contributed by atoms with Gasteiger partial charge in [-0.05, 0) is 32.1 Å². The number of hydrogen-bond donors (Lipinski definition) is 5. The molecule has 3 unspecified atom stereocenters. The third kappa shape index (κ3) is 48.2. The summed E-state index contributed by atoms with van der Waals surface area (Å²) in [6.45, 7) is 22.2. The number of hydrogen-bond acceptors (Lipinski definition) is 10. The van der Waals surface area contributed by atoms with Gasteiger partial charge in [-0.25, -0.2) is 0 Å². The summed E-state index contributed by atoms with van der Waals surface area (Å²) >= 11 is 0. The summed E-state index contributed by atoms with van der Waals surface area (Å²) < 4.78 is 0. The molecule has 1 fully saturated rings. The topological polar surface area (TPSA) is 117 Å². The van der Waals surface area contributed by atoms with Gasteiger partial charge in [-0.3, -0.25) is 19.6 Å². The summed E-state index contributed by atoms with van der Waals surface area (Å²) in [5.74, 6) is 0.827. The fourth-order valence-electron chi connectivity index (χ4n) is 11.5. The summed E-state index contributed by atoms with van der Waals surface area (Å²) in [6.07, 6.45) is 53.9. The molecule has 0 aromatic rings. The number of aliphatic hydroxyl groups excluding tert-OH is 5. The Morgan fingerprint density at radius 2 is 0.590 bits per heavy atom. The quantitative estimate of drug-likeness (QED) is 0.0298. The fourth-order valence-corrected chi connectivity index (χ4v) is 11.5. The van der Waals surface area contributed by atoms with Crippen molar-refractivity contribution in [3.63, 3.8) is 0 Å². The molecule has 0 spiro atoms. The van der Waals surface area contributed by atoms with E-state index in [4.69, 9.17) is 0 Å². The molecule has 464 valence electrons. The van der Waals surface area contributed by atoms with Crippen molar-refractivity contribution < 1.29 is 25.5 Å². The van der Waals surface area contributed by atoms with Gasteiger partial charge in [0.15, 0.2) is 0 Å². The van der Waals surface area contributed by atoms with Crippen LogP contribution in [0.15, 0.2) is 23.9 Å². The van der Waals surface area contributed by atoms with E-state index in [1.165, 1.54) is 199 Å². The van der Waals surface area contributed by atoms with E-state index in [1.807, 2.05) is 12.4 Å². The van der Waals surface area contributed by atoms with Gasteiger partial charge in [0.2, 0.25) is 0 Å². The Labute approximate surface area is 486 Å². The number of piperazine rings is 1. The normalized spacial score (nSPS) is 15.3. The van der Waals surface area contributed by atoms with Crippen LogP contribution < -0.4 is 0 Å². The fraction of sp³-hybridized carbons (Fsp3) is 0.941. The molecular formula is C68H137N5O5. The molecule has 0 saturated carbocycles. The Balaban J connectivity index is 2.97. The van der Waals surface area contributed by atoms with Crippen LogP contribution in [0, 0.1) is 0 Å². The minimum atomic E-state index is -0.390. The van der Waals surface area contributed by atoms with E-state index in [9.17, 15) is 25.5 Å². The molecule has 1 aliphatic heterocycles. The summed E-state index contributed by atoms with van der Waals surface area (Å²) in [4.78, 5) is 12.0. The molecule has 3 atom stereocenters. The van der Waals surface area contributed by atoms with Gasteiger partial charge < -0.3 is 30.4 Å². The van der Waals surface area contributed by atoms with E-state index >= 15 is 0 Å². The van der Waals surface area contributed by atoms with E-state index in [2.05, 4.69) is 59.1 Å². The second-order valence-electron chi connectivity index (χ2n) is 24.7. The number of unbranched alkanes of at least 4 members (excludes halogenated alkanes) is 33. The number of aliphatic hydroxyl groups is 5. The molecule has 0 aromatic carbocycles. The predicted octanol–water partition coefficient (Wildman–Crippen LogP) is 17.3. The average Bonchev–Trinajstić information content (AvgIpc) is 3.42. The SMILES string of the molecule is CCCCCCCCCCC(O)=CN(C=C(O)CCCCCCCCCC)CCN1CCN(CCN(CCN(CC(O)CCCCCCCCCC)CC(O)CCCCCCCCCC)CC(O)CCCCCCCC)CC1. The molecule has 1 saturated heterocycles. The highest BCUT2D eigenvalue weighted by Gasteiger charge is 2.22. The van der Waals surface area contributed by atoms with Crippen LogP contribution in [0.5, 0.6) is 0 Å². The lowest BCUT2D eigenvalue weighted by molar-refractivity contribution is 0.0447. The summed E-state index contributed by atoms with van der Waals surface area (Å²) in [5.41, 5.74) is 0. The molecule has 0 aliphatic carbocycles. The molecule has 10 nitrogen and oxygen atoms in total. The molecule has 0 aromatic heterocycles. The molecular weight excluding hydrogens is 967 g/mol. The summed E-state index contributed by atoms with van der Waals surface area (Å²) in [7, 11) is 0. The Morgan fingerprint density at radius 1 is 0.333 bits per heavy atom. The van der Waals surface area contributed by atoms with Gasteiger partial charge in [0.1, 0.15) is 11.5 Å². The van der Waals surface area contributed by atoms with Gasteiger partial charge in [-0.15, -0.1) is 0 Å². The Morgan fingerprint density at radius 3 is 0.910 bits per heavy atom. The Kier molecular flexibility index (Phi) is 53.7. The van der Waals surface area contributed by atoms with E-state index in [0.717, 1.165) is 130 Å². The standard InChI is InChI=1S/C68H137N5O5/c1-6-11-16-21-26-30-35-40-45-65(75)60-72(61-66(76)46-41-36-31-27-22-17-12-7-2)57-54-70-51-49-69(50-52-70)53-55-71(59-64(74)44-39-34-25-20-15-10-5)56-58-73(62-67(77)47-42-37-32-28-23-18-13-8-3)63-68(78)48-43-38-33-29-24-19-14-9-4/h60-61,64,67-68,74-78H,6-59,62-63H2,1-5H3. The van der Waals surface area contributed by atoms with Gasteiger partial charge in [-0.2, -0.15) is 0 Å². The largest absolute Gasteiger partial charge is 0.511 e. The van der Waals surface area contributed by atoms with E-state index in [1.54, 1.807) is 0 Å². The van der Waals surface area contributed by atoms with Gasteiger partial charge in [-0.1, -0.05) is 266 Å². The van der Waals surface area contributed by atoms with Crippen LogP contribution in [0.3, 0.4) is 0 Å². The Bertz CT molecular complexity index is 1230. The molecule has 0 bridgehead atoms. The van der Waals surface area contributed by atoms with Crippen molar-refractivity contribution in [1.29, 1.82) is 0 Å². The minimum Gasteiger partial charge on any atom is -0.511 e. The van der Waals surface area contributed by atoms with E-state index < -0.39 is 12.2 Å². The van der Waals surface area contributed by atoms with Crippen molar-refractivity contribution >= 4 is 0 Å². The lowest BCUT2D eigenvalue weighted by Gasteiger charge is -2.37. The molecule has 10 heteroatoms. The van der Waals surface area contributed by atoms with Crippen molar-refractivity contribution in [2.45, 2.75) is 329 Å². The number of nitrogens with zero attached hydrogens (tertiary/aromatic N) is 5. The van der Waals surface area contributed by atoms with Crippen molar-refractivity contribution in [3.05, 3.63) is 23.9 Å². The van der Waals surface area contributed by atoms with Gasteiger partial charge >= 0.3 is 0 Å². The van der Waals surface area contributed by atoms with Crippen LogP contribution in [-0.2, 0) is 0 Å². The maximum atomic E-state index is 11.5. The molecule has 1 heterocycles.